The molecule has 0 rings (SSSR count). The summed E-state index contributed by atoms with van der Waals surface area (Å²) in [5.74, 6) is 0.147. The molecular formula is C16H21NO. The van der Waals surface area contributed by atoms with Gasteiger partial charge in [0.15, 0.2) is 0 Å². The van der Waals surface area contributed by atoms with Crippen LogP contribution >= 0.6 is 0 Å². The summed E-state index contributed by atoms with van der Waals surface area (Å²) in [6.45, 7) is 11.1. The van der Waals surface area contributed by atoms with Crippen LogP contribution < -0.4 is 0 Å². The predicted molar refractivity (Wildman–Crippen MR) is 80.9 cm³/mol. The van der Waals surface area contributed by atoms with Gasteiger partial charge in [-0.3, -0.25) is 4.99 Å². The molecule has 2 nitrogen and oxygen atoms in total. The van der Waals surface area contributed by atoms with Crippen molar-refractivity contribution in [2.75, 3.05) is 0 Å². The van der Waals surface area contributed by atoms with E-state index >= 15 is 0 Å². The Labute approximate surface area is 110 Å². The van der Waals surface area contributed by atoms with Gasteiger partial charge in [0, 0.05) is 11.8 Å². The van der Waals surface area contributed by atoms with E-state index in [-0.39, 0.29) is 5.76 Å². The molecule has 0 aliphatic rings. The van der Waals surface area contributed by atoms with Crippen LogP contribution in [0.15, 0.2) is 77.7 Å². The number of rotatable bonds is 7. The minimum atomic E-state index is 0.147. The molecule has 0 saturated carbocycles. The van der Waals surface area contributed by atoms with Gasteiger partial charge in [-0.15, -0.1) is 0 Å². The summed E-state index contributed by atoms with van der Waals surface area (Å²) in [6.07, 6.45) is 14.8. The van der Waals surface area contributed by atoms with Crippen molar-refractivity contribution in [1.29, 1.82) is 0 Å². The standard InChI is InChI=1S/C16H21NO/c1-5-9-12-15(10-6-2)17-13-14(8-4)16(18)11-7-3/h6-13,18H,2-3,5H2,1,4H3/b12-9-,14-8-,15-10+,16-11+,17-13-. The summed E-state index contributed by atoms with van der Waals surface area (Å²) in [5, 5.41) is 9.70. The van der Waals surface area contributed by atoms with Gasteiger partial charge in [-0.25, -0.2) is 0 Å². The summed E-state index contributed by atoms with van der Waals surface area (Å²) < 4.78 is 0. The molecular weight excluding hydrogens is 222 g/mol. The molecule has 0 unspecified atom stereocenters. The topological polar surface area (TPSA) is 32.6 Å². The van der Waals surface area contributed by atoms with Crippen molar-refractivity contribution in [3.05, 3.63) is 72.7 Å². The number of aliphatic hydroxyl groups is 1. The molecule has 0 radical (unpaired) electrons. The van der Waals surface area contributed by atoms with Crippen LogP contribution in [-0.2, 0) is 0 Å². The molecule has 96 valence electrons. The van der Waals surface area contributed by atoms with Gasteiger partial charge in [0.1, 0.15) is 5.76 Å². The Morgan fingerprint density at radius 1 is 1.22 bits per heavy atom. The SMILES string of the molecule is C=C/C=C(\C=C/CC)/N=C\C(=C\C)C(\O)=C/C=C. The number of hydrogen-bond donors (Lipinski definition) is 1. The first-order valence-electron chi connectivity index (χ1n) is 5.91. The highest BCUT2D eigenvalue weighted by molar-refractivity contribution is 5.84. The van der Waals surface area contributed by atoms with E-state index in [1.165, 1.54) is 12.2 Å². The summed E-state index contributed by atoms with van der Waals surface area (Å²) >= 11 is 0. The highest BCUT2D eigenvalue weighted by Gasteiger charge is 1.97. The van der Waals surface area contributed by atoms with Crippen LogP contribution in [-0.4, -0.2) is 11.3 Å². The van der Waals surface area contributed by atoms with Crippen molar-refractivity contribution >= 4 is 6.21 Å². The molecule has 0 bridgehead atoms. The summed E-state index contributed by atoms with van der Waals surface area (Å²) in [5.41, 5.74) is 1.44. The number of nitrogens with zero attached hydrogens (tertiary/aromatic N) is 1. The molecule has 1 N–H and O–H groups in total. The van der Waals surface area contributed by atoms with E-state index in [1.807, 2.05) is 25.2 Å². The lowest BCUT2D eigenvalue weighted by molar-refractivity contribution is 0.428. The second kappa shape index (κ2) is 10.1. The van der Waals surface area contributed by atoms with E-state index < -0.39 is 0 Å². The van der Waals surface area contributed by atoms with Gasteiger partial charge < -0.3 is 5.11 Å². The molecule has 0 aliphatic carbocycles. The van der Waals surface area contributed by atoms with Gasteiger partial charge in [-0.05, 0) is 31.6 Å². The van der Waals surface area contributed by atoms with E-state index in [4.69, 9.17) is 0 Å². The number of aliphatic imine (C=N–C) groups is 1. The first-order chi connectivity index (χ1) is 8.69. The van der Waals surface area contributed by atoms with Crippen molar-refractivity contribution in [3.8, 4) is 0 Å². The van der Waals surface area contributed by atoms with Gasteiger partial charge >= 0.3 is 0 Å². The second-order valence-electron chi connectivity index (χ2n) is 3.43. The van der Waals surface area contributed by atoms with Crippen LogP contribution in [0, 0.1) is 0 Å². The zero-order valence-corrected chi connectivity index (χ0v) is 11.1. The van der Waals surface area contributed by atoms with E-state index in [1.54, 1.807) is 18.4 Å². The third-order valence-electron chi connectivity index (χ3n) is 2.05. The fourth-order valence-electron chi connectivity index (χ4n) is 1.14. The summed E-state index contributed by atoms with van der Waals surface area (Å²) in [7, 11) is 0. The van der Waals surface area contributed by atoms with Crippen LogP contribution in [0.1, 0.15) is 20.3 Å². The number of hydrogen-bond acceptors (Lipinski definition) is 2. The average molecular weight is 243 g/mol. The molecule has 0 aliphatic heterocycles. The summed E-state index contributed by atoms with van der Waals surface area (Å²) in [6, 6.07) is 0. The molecule has 0 amide bonds. The molecule has 0 aromatic heterocycles. The number of aliphatic hydroxyl groups excluding tert-OH is 1. The van der Waals surface area contributed by atoms with E-state index in [9.17, 15) is 5.11 Å². The van der Waals surface area contributed by atoms with Crippen LogP contribution in [0.3, 0.4) is 0 Å². The van der Waals surface area contributed by atoms with Gasteiger partial charge in [0.25, 0.3) is 0 Å². The highest BCUT2D eigenvalue weighted by atomic mass is 16.3. The Hall–Kier alpha value is -2.09. The average Bonchev–Trinajstić information content (AvgIpc) is 2.36. The van der Waals surface area contributed by atoms with Gasteiger partial charge in [-0.1, -0.05) is 44.4 Å². The van der Waals surface area contributed by atoms with Crippen molar-refractivity contribution in [1.82, 2.24) is 0 Å². The first-order valence-corrected chi connectivity index (χ1v) is 5.91. The number of allylic oxidation sites excluding steroid dienone is 8. The third-order valence-corrected chi connectivity index (χ3v) is 2.05. The Morgan fingerprint density at radius 3 is 2.39 bits per heavy atom. The maximum Gasteiger partial charge on any atom is 0.123 e. The lowest BCUT2D eigenvalue weighted by Crippen LogP contribution is -1.90. The molecule has 0 aromatic rings. The Kier molecular flexibility index (Phi) is 8.92. The van der Waals surface area contributed by atoms with Crippen molar-refractivity contribution in [2.45, 2.75) is 20.3 Å². The smallest absolute Gasteiger partial charge is 0.123 e. The van der Waals surface area contributed by atoms with Crippen molar-refractivity contribution in [3.63, 3.8) is 0 Å². The fraction of sp³-hybridized carbons (Fsp3) is 0.188. The molecule has 0 spiro atoms. The molecule has 18 heavy (non-hydrogen) atoms. The van der Waals surface area contributed by atoms with E-state index in [0.29, 0.717) is 5.57 Å². The van der Waals surface area contributed by atoms with Crippen LogP contribution in [0.2, 0.25) is 0 Å². The normalized spacial score (nSPS) is 14.4. The minimum absolute atomic E-state index is 0.147. The molecule has 0 saturated heterocycles. The lowest BCUT2D eigenvalue weighted by Gasteiger charge is -1.99. The van der Waals surface area contributed by atoms with Crippen LogP contribution in [0.5, 0.6) is 0 Å². The van der Waals surface area contributed by atoms with Gasteiger partial charge in [0.05, 0.1) is 5.70 Å². The Bertz CT molecular complexity index is 420. The quantitative estimate of drug-likeness (QED) is 0.393. The second-order valence-corrected chi connectivity index (χ2v) is 3.43. The van der Waals surface area contributed by atoms with Gasteiger partial charge in [0.2, 0.25) is 0 Å². The maximum atomic E-state index is 9.70. The van der Waals surface area contributed by atoms with E-state index in [2.05, 4.69) is 25.1 Å². The zero-order chi connectivity index (χ0) is 13.8. The zero-order valence-electron chi connectivity index (χ0n) is 11.1. The maximum absolute atomic E-state index is 9.70. The molecule has 0 fully saturated rings. The van der Waals surface area contributed by atoms with E-state index in [0.717, 1.165) is 12.1 Å². The Balaban J connectivity index is 5.02. The first kappa shape index (κ1) is 15.9. The monoisotopic (exact) mass is 243 g/mol. The third kappa shape index (κ3) is 6.48. The van der Waals surface area contributed by atoms with Crippen molar-refractivity contribution < 1.29 is 5.11 Å². The van der Waals surface area contributed by atoms with Gasteiger partial charge in [-0.2, -0.15) is 0 Å². The predicted octanol–water partition coefficient (Wildman–Crippen LogP) is 4.67. The Morgan fingerprint density at radius 2 is 1.89 bits per heavy atom. The minimum Gasteiger partial charge on any atom is -0.507 e. The lowest BCUT2D eigenvalue weighted by atomic mass is 10.2. The molecule has 0 aromatic carbocycles. The summed E-state index contributed by atoms with van der Waals surface area (Å²) in [4.78, 5) is 4.30. The fourth-order valence-corrected chi connectivity index (χ4v) is 1.14. The molecule has 2 heteroatoms. The van der Waals surface area contributed by atoms with Crippen LogP contribution in [0.25, 0.3) is 0 Å². The van der Waals surface area contributed by atoms with Crippen molar-refractivity contribution in [2.24, 2.45) is 4.99 Å². The van der Waals surface area contributed by atoms with Crippen LogP contribution in [0.4, 0.5) is 0 Å². The molecule has 0 heterocycles. The molecule has 0 atom stereocenters. The largest absolute Gasteiger partial charge is 0.507 e. The highest BCUT2D eigenvalue weighted by Crippen LogP contribution is 2.07.